The number of hydrogen-bond donors (Lipinski definition) is 0. The van der Waals surface area contributed by atoms with Crippen LogP contribution in [0.2, 0.25) is 0 Å². The predicted molar refractivity (Wildman–Crippen MR) is 250 cm³/mol. The zero-order valence-electron chi connectivity index (χ0n) is 37.1. The first-order valence-corrected chi connectivity index (χ1v) is 23.8. The summed E-state index contributed by atoms with van der Waals surface area (Å²) in [6, 6.07) is 22.2. The Morgan fingerprint density at radius 2 is 0.797 bits per heavy atom. The van der Waals surface area contributed by atoms with Crippen LogP contribution >= 0.6 is 0 Å². The Balaban J connectivity index is 1.24. The second kappa shape index (κ2) is 33.7. The largest absolute Gasteiger partial charge is 0.494 e. The highest BCUT2D eigenvalue weighted by Crippen LogP contribution is 2.19. The van der Waals surface area contributed by atoms with Crippen molar-refractivity contribution in [3.8, 4) is 17.2 Å². The minimum Gasteiger partial charge on any atom is -0.494 e. The number of unbranched alkanes of at least 4 members (excludes halogenated alkanes) is 24. The summed E-state index contributed by atoms with van der Waals surface area (Å²) >= 11 is 0. The third kappa shape index (κ3) is 25.2. The molecule has 0 atom stereocenters. The lowest BCUT2D eigenvalue weighted by Gasteiger charge is -2.07. The molecule has 0 amide bonds. The summed E-state index contributed by atoms with van der Waals surface area (Å²) in [5.74, 6) is 1.32. The highest BCUT2D eigenvalue weighted by Gasteiger charge is 2.07. The number of allylic oxidation sites excluding steroid dienone is 1. The van der Waals surface area contributed by atoms with Gasteiger partial charge in [-0.15, -0.1) is 0 Å². The van der Waals surface area contributed by atoms with Gasteiger partial charge in [0.2, 0.25) is 0 Å². The molecule has 0 saturated carbocycles. The summed E-state index contributed by atoms with van der Waals surface area (Å²) in [5.41, 5.74) is 2.23. The molecule has 0 aliphatic heterocycles. The molecule has 0 aliphatic carbocycles. The maximum Gasteiger partial charge on any atom is 0.336 e. The van der Waals surface area contributed by atoms with E-state index in [2.05, 4.69) is 13.8 Å². The Hall–Kier alpha value is -4.12. The third-order valence-corrected chi connectivity index (χ3v) is 11.0. The molecule has 0 radical (unpaired) electrons. The Morgan fingerprint density at radius 3 is 1.20 bits per heavy atom. The van der Waals surface area contributed by atoms with Gasteiger partial charge in [0.1, 0.15) is 17.2 Å². The first-order chi connectivity index (χ1) is 29.1. The molecule has 0 spiro atoms. The van der Waals surface area contributed by atoms with E-state index in [-0.39, 0.29) is 5.78 Å². The van der Waals surface area contributed by atoms with Gasteiger partial charge in [0.15, 0.2) is 5.78 Å². The van der Waals surface area contributed by atoms with Crippen molar-refractivity contribution in [1.29, 1.82) is 0 Å². The second-order valence-electron chi connectivity index (χ2n) is 16.3. The minimum absolute atomic E-state index is 0.169. The van der Waals surface area contributed by atoms with Crippen molar-refractivity contribution in [1.82, 2.24) is 0 Å². The van der Waals surface area contributed by atoms with E-state index in [0.29, 0.717) is 11.3 Å². The van der Waals surface area contributed by atoms with Crippen molar-refractivity contribution in [3.05, 3.63) is 102 Å². The highest BCUT2D eigenvalue weighted by molar-refractivity contribution is 6.07. The van der Waals surface area contributed by atoms with Gasteiger partial charge in [-0.2, -0.15) is 0 Å². The standard InChI is InChI=1S/C54H78O5/c1-3-5-7-9-11-13-15-17-18-20-22-24-26-27-44-57-50-38-32-47(33-39-50)36-42-53(55)49-30-29-31-52(46-49)59-54(56)43-37-48-34-40-51(41-35-48)58-45-28-25-23-21-19-16-14-12-10-8-6-4-2/h29-43,46H,3-28,44-45H2,1-2H3/b42-36+,43-37+. The summed E-state index contributed by atoms with van der Waals surface area (Å²) in [5, 5.41) is 0. The third-order valence-electron chi connectivity index (χ3n) is 11.0. The lowest BCUT2D eigenvalue weighted by Crippen LogP contribution is -2.04. The molecule has 0 aromatic heterocycles. The van der Waals surface area contributed by atoms with Crippen LogP contribution in [0, 0.1) is 0 Å². The number of ketones is 1. The number of hydrogen-bond acceptors (Lipinski definition) is 5. The van der Waals surface area contributed by atoms with E-state index in [1.807, 2.05) is 48.5 Å². The molecule has 0 aliphatic rings. The summed E-state index contributed by atoms with van der Waals surface area (Å²) in [4.78, 5) is 25.5. The quantitative estimate of drug-likeness (QED) is 0.0193. The van der Waals surface area contributed by atoms with Crippen molar-refractivity contribution in [2.24, 2.45) is 0 Å². The Morgan fingerprint density at radius 1 is 0.424 bits per heavy atom. The monoisotopic (exact) mass is 807 g/mol. The van der Waals surface area contributed by atoms with E-state index in [4.69, 9.17) is 14.2 Å². The molecule has 3 aromatic carbocycles. The van der Waals surface area contributed by atoms with Crippen molar-refractivity contribution < 1.29 is 23.8 Å². The average molecular weight is 807 g/mol. The predicted octanol–water partition coefficient (Wildman–Crippen LogP) is 16.1. The topological polar surface area (TPSA) is 61.8 Å². The molecular weight excluding hydrogens is 729 g/mol. The number of benzene rings is 3. The zero-order chi connectivity index (χ0) is 41.9. The number of carbonyl (C=O) groups excluding carboxylic acids is 2. The summed E-state index contributed by atoms with van der Waals surface area (Å²) in [6.07, 6.45) is 41.2. The summed E-state index contributed by atoms with van der Waals surface area (Å²) < 4.78 is 17.4. The molecule has 3 aromatic rings. The Labute approximate surface area is 359 Å². The number of carbonyl (C=O) groups is 2. The van der Waals surface area contributed by atoms with Gasteiger partial charge >= 0.3 is 5.97 Å². The first kappa shape index (κ1) is 49.2. The van der Waals surface area contributed by atoms with Crippen LogP contribution in [0.1, 0.15) is 202 Å². The fraction of sp³-hybridized carbons (Fsp3) is 0.556. The van der Waals surface area contributed by atoms with Crippen LogP contribution in [-0.2, 0) is 4.79 Å². The van der Waals surface area contributed by atoms with Crippen LogP contribution < -0.4 is 14.2 Å². The van der Waals surface area contributed by atoms with Crippen LogP contribution in [0.25, 0.3) is 12.2 Å². The van der Waals surface area contributed by atoms with E-state index < -0.39 is 5.97 Å². The van der Waals surface area contributed by atoms with Crippen molar-refractivity contribution >= 4 is 23.9 Å². The number of ether oxygens (including phenoxy) is 3. The molecule has 0 bridgehead atoms. The maximum atomic E-state index is 12.9. The lowest BCUT2D eigenvalue weighted by molar-refractivity contribution is -0.128. The molecule has 0 unspecified atom stereocenters. The van der Waals surface area contributed by atoms with Crippen molar-refractivity contribution in [2.45, 2.75) is 181 Å². The molecule has 0 heterocycles. The van der Waals surface area contributed by atoms with Gasteiger partial charge in [-0.3, -0.25) is 4.79 Å². The number of rotatable bonds is 36. The molecule has 59 heavy (non-hydrogen) atoms. The van der Waals surface area contributed by atoms with Crippen LogP contribution in [0.5, 0.6) is 17.2 Å². The van der Waals surface area contributed by atoms with E-state index >= 15 is 0 Å². The van der Waals surface area contributed by atoms with Crippen LogP contribution in [0.15, 0.2) is 84.9 Å². The van der Waals surface area contributed by atoms with Crippen LogP contribution in [0.3, 0.4) is 0 Å². The lowest BCUT2D eigenvalue weighted by atomic mass is 10.0. The molecule has 5 nitrogen and oxygen atoms in total. The van der Waals surface area contributed by atoms with Crippen molar-refractivity contribution in [3.63, 3.8) is 0 Å². The van der Waals surface area contributed by atoms with Crippen molar-refractivity contribution in [2.75, 3.05) is 13.2 Å². The van der Waals surface area contributed by atoms with Gasteiger partial charge in [0, 0.05) is 11.6 Å². The molecule has 324 valence electrons. The molecule has 0 saturated heterocycles. The van der Waals surface area contributed by atoms with Crippen LogP contribution in [0.4, 0.5) is 0 Å². The average Bonchev–Trinajstić information content (AvgIpc) is 3.26. The second-order valence-corrected chi connectivity index (χ2v) is 16.3. The Kier molecular flexibility index (Phi) is 28.1. The zero-order valence-corrected chi connectivity index (χ0v) is 37.1. The van der Waals surface area contributed by atoms with E-state index in [1.54, 1.807) is 36.4 Å². The highest BCUT2D eigenvalue weighted by atomic mass is 16.5. The van der Waals surface area contributed by atoms with Gasteiger partial charge in [-0.25, -0.2) is 4.79 Å². The van der Waals surface area contributed by atoms with Gasteiger partial charge in [-0.1, -0.05) is 210 Å². The van der Waals surface area contributed by atoms with Crippen LogP contribution in [-0.4, -0.2) is 25.0 Å². The SMILES string of the molecule is CCCCCCCCCCCCCCCCOc1ccc(/C=C/C(=O)c2cccc(OC(=O)/C=C/c3ccc(OCCCCCCCCCCCCCC)cc3)c2)cc1. The summed E-state index contributed by atoms with van der Waals surface area (Å²) in [6.45, 7) is 6.00. The maximum absolute atomic E-state index is 12.9. The fourth-order valence-electron chi connectivity index (χ4n) is 7.27. The smallest absolute Gasteiger partial charge is 0.336 e. The van der Waals surface area contributed by atoms with Gasteiger partial charge in [0.05, 0.1) is 13.2 Å². The van der Waals surface area contributed by atoms with E-state index in [0.717, 1.165) is 48.7 Å². The number of esters is 1. The minimum atomic E-state index is -0.510. The fourth-order valence-corrected chi connectivity index (χ4v) is 7.27. The molecule has 0 N–H and O–H groups in total. The molecule has 3 rings (SSSR count). The molecule has 0 fully saturated rings. The molecule has 5 heteroatoms. The first-order valence-electron chi connectivity index (χ1n) is 23.8. The van der Waals surface area contributed by atoms with Gasteiger partial charge in [0.25, 0.3) is 0 Å². The van der Waals surface area contributed by atoms with Gasteiger partial charge in [-0.05, 0) is 72.5 Å². The molecular formula is C54H78O5. The van der Waals surface area contributed by atoms with E-state index in [1.165, 1.54) is 166 Å². The summed E-state index contributed by atoms with van der Waals surface area (Å²) in [7, 11) is 0. The van der Waals surface area contributed by atoms with Gasteiger partial charge < -0.3 is 14.2 Å². The Bertz CT molecular complexity index is 1550. The van der Waals surface area contributed by atoms with E-state index in [9.17, 15) is 9.59 Å². The normalized spacial score (nSPS) is 11.4.